The van der Waals surface area contributed by atoms with Crippen LogP contribution in [0.3, 0.4) is 0 Å². The first kappa shape index (κ1) is 24.1. The van der Waals surface area contributed by atoms with Gasteiger partial charge < -0.3 is 10.1 Å². The molecule has 5 rings (SSSR count). The van der Waals surface area contributed by atoms with Crippen molar-refractivity contribution in [3.63, 3.8) is 0 Å². The van der Waals surface area contributed by atoms with Gasteiger partial charge in [0, 0.05) is 35.9 Å². The summed E-state index contributed by atoms with van der Waals surface area (Å²) in [6.45, 7) is 6.15. The Hall–Kier alpha value is -3.56. The number of pyridine rings is 1. The topological polar surface area (TPSA) is 63.2 Å². The van der Waals surface area contributed by atoms with Crippen molar-refractivity contribution >= 4 is 22.4 Å². The van der Waals surface area contributed by atoms with E-state index in [0.29, 0.717) is 23.9 Å². The number of hydrogen-bond donors (Lipinski definition) is 1. The second-order valence-corrected chi connectivity index (χ2v) is 9.09. The molecule has 2 aromatic carbocycles. The van der Waals surface area contributed by atoms with E-state index in [0.717, 1.165) is 47.4 Å². The predicted molar refractivity (Wildman–Crippen MR) is 133 cm³/mol. The first-order valence-corrected chi connectivity index (χ1v) is 11.8. The minimum Gasteiger partial charge on any atom is -0.373 e. The maximum atomic E-state index is 13.0. The molecule has 0 radical (unpaired) electrons. The zero-order valence-corrected chi connectivity index (χ0v) is 20.0. The van der Waals surface area contributed by atoms with Crippen LogP contribution >= 0.6 is 0 Å². The van der Waals surface area contributed by atoms with E-state index in [1.807, 2.05) is 50.2 Å². The van der Waals surface area contributed by atoms with Crippen LogP contribution in [0.15, 0.2) is 66.9 Å². The highest BCUT2D eigenvalue weighted by Gasteiger charge is 2.30. The zero-order chi connectivity index (χ0) is 25.3. The predicted octanol–water partition coefficient (Wildman–Crippen LogP) is 6.06. The number of ether oxygens (including phenoxy) is 1. The van der Waals surface area contributed by atoms with Crippen LogP contribution in [-0.2, 0) is 17.5 Å². The summed E-state index contributed by atoms with van der Waals surface area (Å²) in [4.78, 5) is 16.3. The maximum absolute atomic E-state index is 13.0. The third-order valence-corrected chi connectivity index (χ3v) is 6.04. The third-order valence-electron chi connectivity index (χ3n) is 6.04. The average molecular weight is 494 g/mol. The molecule has 0 spiro atoms. The van der Waals surface area contributed by atoms with Gasteiger partial charge in [0.25, 0.3) is 0 Å². The molecule has 3 heterocycles. The lowest BCUT2D eigenvalue weighted by Crippen LogP contribution is -2.45. The van der Waals surface area contributed by atoms with Crippen molar-refractivity contribution in [2.75, 3.05) is 18.4 Å². The molecule has 186 valence electrons. The molecule has 9 heteroatoms. The molecule has 1 N–H and O–H groups in total. The summed E-state index contributed by atoms with van der Waals surface area (Å²) in [6.07, 6.45) is -2.44. The average Bonchev–Trinajstić information content (AvgIpc) is 2.83. The SMILES string of the molecule is CC1CN(Cc2nc(Nc3ccc(C(F)(F)F)cc3)c3ccc(-c4ccccn4)cc3n2)CC(C)O1. The largest absolute Gasteiger partial charge is 0.416 e. The van der Waals surface area contributed by atoms with Crippen molar-refractivity contribution in [1.82, 2.24) is 19.9 Å². The lowest BCUT2D eigenvalue weighted by Gasteiger charge is -2.34. The van der Waals surface area contributed by atoms with Crippen molar-refractivity contribution in [2.45, 2.75) is 38.8 Å². The van der Waals surface area contributed by atoms with E-state index in [4.69, 9.17) is 14.7 Å². The van der Waals surface area contributed by atoms with Gasteiger partial charge in [-0.15, -0.1) is 0 Å². The molecule has 2 aromatic heterocycles. The van der Waals surface area contributed by atoms with Gasteiger partial charge in [0.15, 0.2) is 0 Å². The molecule has 0 aliphatic carbocycles. The van der Waals surface area contributed by atoms with Gasteiger partial charge in [0.05, 0.1) is 35.5 Å². The molecular formula is C27H26F3N5O. The Morgan fingerprint density at radius 1 is 0.972 bits per heavy atom. The van der Waals surface area contributed by atoms with Crippen LogP contribution in [-0.4, -0.2) is 45.1 Å². The van der Waals surface area contributed by atoms with Crippen molar-refractivity contribution in [2.24, 2.45) is 0 Å². The van der Waals surface area contributed by atoms with Gasteiger partial charge in [0.1, 0.15) is 11.6 Å². The fourth-order valence-corrected chi connectivity index (χ4v) is 4.53. The highest BCUT2D eigenvalue weighted by Crippen LogP contribution is 2.32. The number of benzene rings is 2. The number of halogens is 3. The fraction of sp³-hybridized carbons (Fsp3) is 0.296. The molecule has 4 aromatic rings. The Labute approximate surface area is 207 Å². The van der Waals surface area contributed by atoms with Crippen molar-refractivity contribution in [1.29, 1.82) is 0 Å². The number of rotatable bonds is 5. The van der Waals surface area contributed by atoms with E-state index < -0.39 is 11.7 Å². The van der Waals surface area contributed by atoms with Crippen LogP contribution in [0.1, 0.15) is 25.2 Å². The van der Waals surface area contributed by atoms with Gasteiger partial charge in [-0.2, -0.15) is 13.2 Å². The Bertz CT molecular complexity index is 1340. The molecule has 0 bridgehead atoms. The van der Waals surface area contributed by atoms with Gasteiger partial charge in [-0.3, -0.25) is 9.88 Å². The first-order valence-electron chi connectivity index (χ1n) is 11.8. The molecule has 1 saturated heterocycles. The van der Waals surface area contributed by atoms with Crippen LogP contribution in [0.4, 0.5) is 24.7 Å². The van der Waals surface area contributed by atoms with Crippen LogP contribution in [0.5, 0.6) is 0 Å². The minimum atomic E-state index is -4.39. The standard InChI is InChI=1S/C27H26F3N5O/c1-17-14-35(15-18(2)36-17)16-25-33-24-13-19(23-5-3-4-12-31-23)6-11-22(24)26(34-25)32-21-9-7-20(8-10-21)27(28,29)30/h3-13,17-18H,14-16H2,1-2H3,(H,32,33,34). The minimum absolute atomic E-state index is 0.106. The number of alkyl halides is 3. The van der Waals surface area contributed by atoms with Crippen LogP contribution in [0.25, 0.3) is 22.2 Å². The monoisotopic (exact) mass is 493 g/mol. The first-order chi connectivity index (χ1) is 17.2. The summed E-state index contributed by atoms with van der Waals surface area (Å²) >= 11 is 0. The number of morpholine rings is 1. The van der Waals surface area contributed by atoms with E-state index in [2.05, 4.69) is 15.2 Å². The van der Waals surface area contributed by atoms with E-state index in [-0.39, 0.29) is 12.2 Å². The Morgan fingerprint density at radius 3 is 2.39 bits per heavy atom. The van der Waals surface area contributed by atoms with E-state index in [1.165, 1.54) is 12.1 Å². The van der Waals surface area contributed by atoms with Gasteiger partial charge in [-0.1, -0.05) is 12.1 Å². The summed E-state index contributed by atoms with van der Waals surface area (Å²) in [5.74, 6) is 1.16. The summed E-state index contributed by atoms with van der Waals surface area (Å²) in [6, 6.07) is 16.5. The van der Waals surface area contributed by atoms with Gasteiger partial charge in [0.2, 0.25) is 0 Å². The Balaban J connectivity index is 1.52. The van der Waals surface area contributed by atoms with Crippen LogP contribution < -0.4 is 5.32 Å². The molecule has 1 aliphatic rings. The van der Waals surface area contributed by atoms with E-state index >= 15 is 0 Å². The van der Waals surface area contributed by atoms with Crippen LogP contribution in [0.2, 0.25) is 0 Å². The summed E-state index contributed by atoms with van der Waals surface area (Å²) in [5, 5.41) is 3.97. The number of fused-ring (bicyclic) bond motifs is 1. The summed E-state index contributed by atoms with van der Waals surface area (Å²) in [5.41, 5.74) is 2.29. The maximum Gasteiger partial charge on any atom is 0.416 e. The number of hydrogen-bond acceptors (Lipinski definition) is 6. The zero-order valence-electron chi connectivity index (χ0n) is 20.0. The van der Waals surface area contributed by atoms with Gasteiger partial charge in [-0.05, 0) is 62.4 Å². The third kappa shape index (κ3) is 5.47. The van der Waals surface area contributed by atoms with Gasteiger partial charge in [-0.25, -0.2) is 9.97 Å². The highest BCUT2D eigenvalue weighted by atomic mass is 19.4. The smallest absolute Gasteiger partial charge is 0.373 e. The van der Waals surface area contributed by atoms with Crippen molar-refractivity contribution < 1.29 is 17.9 Å². The Kier molecular flexibility index (Phi) is 6.59. The lowest BCUT2D eigenvalue weighted by atomic mass is 10.1. The molecule has 6 nitrogen and oxygen atoms in total. The Morgan fingerprint density at radius 2 is 1.72 bits per heavy atom. The lowest BCUT2D eigenvalue weighted by molar-refractivity contribution is -0.137. The number of anilines is 2. The quantitative estimate of drug-likeness (QED) is 0.365. The van der Waals surface area contributed by atoms with Crippen molar-refractivity contribution in [3.8, 4) is 11.3 Å². The fourth-order valence-electron chi connectivity index (χ4n) is 4.53. The summed E-state index contributed by atoms with van der Waals surface area (Å²) in [7, 11) is 0. The second kappa shape index (κ2) is 9.83. The molecule has 36 heavy (non-hydrogen) atoms. The van der Waals surface area contributed by atoms with E-state index in [1.54, 1.807) is 6.20 Å². The summed E-state index contributed by atoms with van der Waals surface area (Å²) < 4.78 is 44.9. The highest BCUT2D eigenvalue weighted by molar-refractivity contribution is 5.93. The number of aromatic nitrogens is 3. The van der Waals surface area contributed by atoms with Crippen molar-refractivity contribution in [3.05, 3.63) is 78.2 Å². The molecule has 2 unspecified atom stereocenters. The second-order valence-electron chi connectivity index (χ2n) is 9.09. The van der Waals surface area contributed by atoms with E-state index in [9.17, 15) is 13.2 Å². The van der Waals surface area contributed by atoms with Crippen LogP contribution in [0, 0.1) is 0 Å². The molecular weight excluding hydrogens is 467 g/mol. The molecule has 1 fully saturated rings. The molecule has 0 amide bonds. The number of nitrogens with zero attached hydrogens (tertiary/aromatic N) is 4. The number of nitrogens with one attached hydrogen (secondary N) is 1. The molecule has 2 atom stereocenters. The normalized spacial score (nSPS) is 18.9. The van der Waals surface area contributed by atoms with Gasteiger partial charge >= 0.3 is 6.18 Å². The molecule has 0 saturated carbocycles. The molecule has 1 aliphatic heterocycles.